The lowest BCUT2D eigenvalue weighted by atomic mass is 9.81. The summed E-state index contributed by atoms with van der Waals surface area (Å²) in [4.78, 5) is 13.9. The number of carbonyl (C=O) groups excluding carboxylic acids is 1. The monoisotopic (exact) mass is 358 g/mol. The molecule has 2 aliphatic heterocycles. The standard InChI is InChI=1S/C20H24FN3O2/c21-18-8-1-2-9-19(18)23-20(25)22-14-11-15-5-3-6-16(12-14)24(15)13-17-7-4-10-26-17/h1-2,4,7-10,14-16H,3,5-6,11-13H2,(H2,22,23,25)/p+1/t14?,15-,16+. The van der Waals surface area contributed by atoms with Crippen molar-refractivity contribution in [3.8, 4) is 0 Å². The van der Waals surface area contributed by atoms with Crippen LogP contribution in [0.3, 0.4) is 0 Å². The molecule has 3 N–H and O–H groups in total. The highest BCUT2D eigenvalue weighted by Gasteiger charge is 2.42. The average molecular weight is 358 g/mol. The first kappa shape index (κ1) is 17.1. The Morgan fingerprint density at radius 3 is 2.62 bits per heavy atom. The van der Waals surface area contributed by atoms with Crippen molar-refractivity contribution in [2.24, 2.45) is 0 Å². The molecule has 1 aromatic heterocycles. The molecule has 0 spiro atoms. The quantitative estimate of drug-likeness (QED) is 0.787. The number of halogens is 1. The van der Waals surface area contributed by atoms with Gasteiger partial charge >= 0.3 is 6.03 Å². The van der Waals surface area contributed by atoms with Gasteiger partial charge in [-0.3, -0.25) is 0 Å². The third-order valence-corrected chi connectivity index (χ3v) is 5.71. The number of anilines is 1. The van der Waals surface area contributed by atoms with Crippen molar-refractivity contribution in [2.45, 2.75) is 56.8 Å². The number of para-hydroxylation sites is 1. The molecule has 5 nitrogen and oxygen atoms in total. The van der Waals surface area contributed by atoms with Gasteiger partial charge in [0.2, 0.25) is 0 Å². The average Bonchev–Trinajstić information content (AvgIpc) is 3.11. The van der Waals surface area contributed by atoms with Gasteiger partial charge in [-0.1, -0.05) is 12.1 Å². The van der Waals surface area contributed by atoms with Crippen LogP contribution in [0.1, 0.15) is 37.9 Å². The Labute approximate surface area is 152 Å². The molecular formula is C20H25FN3O2+. The topological polar surface area (TPSA) is 58.7 Å². The van der Waals surface area contributed by atoms with Gasteiger partial charge in [0.05, 0.1) is 24.0 Å². The van der Waals surface area contributed by atoms with Crippen LogP contribution in [-0.2, 0) is 6.54 Å². The van der Waals surface area contributed by atoms with E-state index in [9.17, 15) is 9.18 Å². The van der Waals surface area contributed by atoms with Crippen LogP contribution in [0.15, 0.2) is 47.1 Å². The fourth-order valence-corrected chi connectivity index (χ4v) is 4.56. The summed E-state index contributed by atoms with van der Waals surface area (Å²) >= 11 is 0. The van der Waals surface area contributed by atoms with E-state index in [4.69, 9.17) is 4.42 Å². The largest absolute Gasteiger partial charge is 0.463 e. The minimum atomic E-state index is -0.419. The second-order valence-corrected chi connectivity index (χ2v) is 7.40. The van der Waals surface area contributed by atoms with Gasteiger partial charge in [0.15, 0.2) is 5.76 Å². The number of benzene rings is 1. The molecule has 2 amide bonds. The number of hydrogen-bond donors (Lipinski definition) is 3. The third kappa shape index (κ3) is 3.75. The number of furan rings is 1. The van der Waals surface area contributed by atoms with Crippen molar-refractivity contribution in [2.75, 3.05) is 5.32 Å². The summed E-state index contributed by atoms with van der Waals surface area (Å²) in [5.41, 5.74) is 0.214. The number of hydrogen-bond acceptors (Lipinski definition) is 2. The molecular weight excluding hydrogens is 333 g/mol. The van der Waals surface area contributed by atoms with Gasteiger partial charge in [-0.25, -0.2) is 9.18 Å². The maximum atomic E-state index is 13.7. The number of urea groups is 1. The molecule has 1 aromatic carbocycles. The summed E-state index contributed by atoms with van der Waals surface area (Å²) in [6, 6.07) is 11.1. The Kier molecular flexibility index (Phi) is 4.93. The summed E-state index contributed by atoms with van der Waals surface area (Å²) < 4.78 is 19.2. The first-order valence-electron chi connectivity index (χ1n) is 9.39. The fraction of sp³-hybridized carbons (Fsp3) is 0.450. The Bertz CT molecular complexity index is 735. The van der Waals surface area contributed by atoms with Gasteiger partial charge in [0, 0.05) is 18.9 Å². The lowest BCUT2D eigenvalue weighted by Gasteiger charge is -2.45. The molecule has 2 saturated heterocycles. The van der Waals surface area contributed by atoms with E-state index in [1.807, 2.05) is 12.1 Å². The fourth-order valence-electron chi connectivity index (χ4n) is 4.56. The number of rotatable bonds is 4. The van der Waals surface area contributed by atoms with Crippen LogP contribution in [0.5, 0.6) is 0 Å². The summed E-state index contributed by atoms with van der Waals surface area (Å²) in [5.74, 6) is 0.609. The Morgan fingerprint density at radius 1 is 1.15 bits per heavy atom. The van der Waals surface area contributed by atoms with Crippen molar-refractivity contribution in [1.82, 2.24) is 5.32 Å². The Balaban J connectivity index is 1.36. The number of nitrogens with one attached hydrogen (secondary N) is 3. The molecule has 2 aromatic rings. The smallest absolute Gasteiger partial charge is 0.319 e. The van der Waals surface area contributed by atoms with E-state index in [0.29, 0.717) is 12.1 Å². The molecule has 2 unspecified atom stereocenters. The Morgan fingerprint density at radius 2 is 1.92 bits per heavy atom. The van der Waals surface area contributed by atoms with Crippen LogP contribution in [0.25, 0.3) is 0 Å². The second kappa shape index (κ2) is 7.50. The molecule has 4 rings (SSSR count). The van der Waals surface area contributed by atoms with Crippen LogP contribution >= 0.6 is 0 Å². The van der Waals surface area contributed by atoms with E-state index in [2.05, 4.69) is 10.6 Å². The zero-order valence-electron chi connectivity index (χ0n) is 14.7. The minimum Gasteiger partial charge on any atom is -0.463 e. The van der Waals surface area contributed by atoms with Crippen LogP contribution < -0.4 is 15.5 Å². The van der Waals surface area contributed by atoms with Crippen LogP contribution in [-0.4, -0.2) is 24.2 Å². The first-order valence-corrected chi connectivity index (χ1v) is 9.39. The normalized spacial score (nSPS) is 27.7. The van der Waals surface area contributed by atoms with Crippen molar-refractivity contribution >= 4 is 11.7 Å². The molecule has 2 aliphatic rings. The lowest BCUT2D eigenvalue weighted by molar-refractivity contribution is -0.974. The number of piperidine rings is 2. The highest BCUT2D eigenvalue weighted by atomic mass is 19.1. The van der Waals surface area contributed by atoms with Crippen LogP contribution in [0.2, 0.25) is 0 Å². The zero-order chi connectivity index (χ0) is 17.9. The van der Waals surface area contributed by atoms with Crippen molar-refractivity contribution in [3.05, 3.63) is 54.2 Å². The van der Waals surface area contributed by atoms with E-state index in [1.165, 1.54) is 25.3 Å². The predicted octanol–water partition coefficient (Wildman–Crippen LogP) is 2.71. The number of fused-ring (bicyclic) bond motifs is 2. The van der Waals surface area contributed by atoms with Gasteiger partial charge in [-0.05, 0) is 43.5 Å². The van der Waals surface area contributed by atoms with Crippen LogP contribution in [0, 0.1) is 5.82 Å². The molecule has 2 bridgehead atoms. The minimum absolute atomic E-state index is 0.137. The molecule has 26 heavy (non-hydrogen) atoms. The van der Waals surface area contributed by atoms with Gasteiger partial charge in [-0.2, -0.15) is 0 Å². The number of carbonyl (C=O) groups is 1. The maximum Gasteiger partial charge on any atom is 0.319 e. The van der Waals surface area contributed by atoms with E-state index in [0.717, 1.165) is 25.1 Å². The Hall–Kier alpha value is -2.34. The van der Waals surface area contributed by atoms with E-state index >= 15 is 0 Å². The summed E-state index contributed by atoms with van der Waals surface area (Å²) in [6.45, 7) is 0.913. The summed E-state index contributed by atoms with van der Waals surface area (Å²) in [5, 5.41) is 5.67. The molecule has 0 saturated carbocycles. The summed E-state index contributed by atoms with van der Waals surface area (Å²) in [6.07, 6.45) is 7.25. The molecule has 0 aliphatic carbocycles. The first-order chi connectivity index (χ1) is 12.7. The molecule has 3 heterocycles. The van der Waals surface area contributed by atoms with E-state index in [-0.39, 0.29) is 17.8 Å². The lowest BCUT2D eigenvalue weighted by Crippen LogP contribution is -3.20. The predicted molar refractivity (Wildman–Crippen MR) is 96.4 cm³/mol. The highest BCUT2D eigenvalue weighted by molar-refractivity contribution is 5.89. The molecule has 4 atom stereocenters. The third-order valence-electron chi connectivity index (χ3n) is 5.71. The molecule has 6 heteroatoms. The van der Waals surface area contributed by atoms with Gasteiger partial charge in [0.25, 0.3) is 0 Å². The van der Waals surface area contributed by atoms with Crippen LogP contribution in [0.4, 0.5) is 14.9 Å². The number of quaternary nitrogens is 1. The zero-order valence-corrected chi connectivity index (χ0v) is 14.7. The van der Waals surface area contributed by atoms with E-state index < -0.39 is 5.82 Å². The van der Waals surface area contributed by atoms with Crippen molar-refractivity contribution in [1.29, 1.82) is 0 Å². The molecule has 0 radical (unpaired) electrons. The van der Waals surface area contributed by atoms with Gasteiger partial charge < -0.3 is 20.0 Å². The SMILES string of the molecule is O=C(Nc1ccccc1F)NC1C[C@H]2CCC[C@@H](C1)[NH+]2Cc1ccco1. The highest BCUT2D eigenvalue weighted by Crippen LogP contribution is 2.23. The second-order valence-electron chi connectivity index (χ2n) is 7.40. The molecule has 2 fully saturated rings. The molecule has 138 valence electrons. The number of amides is 2. The van der Waals surface area contributed by atoms with E-state index in [1.54, 1.807) is 29.4 Å². The van der Waals surface area contributed by atoms with Crippen molar-refractivity contribution in [3.63, 3.8) is 0 Å². The van der Waals surface area contributed by atoms with Gasteiger partial charge in [0.1, 0.15) is 12.4 Å². The van der Waals surface area contributed by atoms with Gasteiger partial charge in [-0.15, -0.1) is 0 Å². The van der Waals surface area contributed by atoms with Crippen molar-refractivity contribution < 1.29 is 18.5 Å². The summed E-state index contributed by atoms with van der Waals surface area (Å²) in [7, 11) is 0. The maximum absolute atomic E-state index is 13.7.